The average molecular weight is 411 g/mol. The standard InChI is InChI=1S/C17H22N4O4S2/c1-25-13-3-4-14-15(9-13)26-17(18-14)20-10-12(11-20)16(22)19-5-7-21(8-6-19)27(2,23)24/h3-4,9,12H,5-8,10-11H2,1-2H3. The zero-order valence-corrected chi connectivity index (χ0v) is 16.9. The number of carbonyl (C=O) groups is 1. The van der Waals surface area contributed by atoms with Crippen molar-refractivity contribution >= 4 is 42.6 Å². The van der Waals surface area contributed by atoms with Gasteiger partial charge < -0.3 is 14.5 Å². The summed E-state index contributed by atoms with van der Waals surface area (Å²) in [4.78, 5) is 21.2. The fraction of sp³-hybridized carbons (Fsp3) is 0.529. The lowest BCUT2D eigenvalue weighted by atomic mass is 9.99. The van der Waals surface area contributed by atoms with Gasteiger partial charge in [-0.3, -0.25) is 4.79 Å². The molecule has 0 bridgehead atoms. The third-order valence-corrected chi connectivity index (χ3v) is 7.49. The highest BCUT2D eigenvalue weighted by atomic mass is 32.2. The Morgan fingerprint density at radius 2 is 1.93 bits per heavy atom. The molecule has 0 aliphatic carbocycles. The second kappa shape index (κ2) is 6.92. The number of rotatable bonds is 4. The maximum absolute atomic E-state index is 12.7. The van der Waals surface area contributed by atoms with E-state index in [2.05, 4.69) is 9.88 Å². The quantitative estimate of drug-likeness (QED) is 0.743. The normalized spacial score (nSPS) is 19.3. The third-order valence-electron chi connectivity index (χ3n) is 5.10. The SMILES string of the molecule is COc1ccc2nc(N3CC(C(=O)N4CCN(S(C)(=O)=O)CC4)C3)sc2c1. The van der Waals surface area contributed by atoms with Crippen LogP contribution in [0, 0.1) is 5.92 Å². The molecule has 3 heterocycles. The van der Waals surface area contributed by atoms with Crippen molar-refractivity contribution < 1.29 is 17.9 Å². The fourth-order valence-electron chi connectivity index (χ4n) is 3.44. The minimum Gasteiger partial charge on any atom is -0.497 e. The Balaban J connectivity index is 1.35. The number of ether oxygens (including phenoxy) is 1. The van der Waals surface area contributed by atoms with Crippen LogP contribution in [0.2, 0.25) is 0 Å². The second-order valence-corrected chi connectivity index (χ2v) is 9.91. The van der Waals surface area contributed by atoms with E-state index in [1.54, 1.807) is 23.3 Å². The molecule has 0 saturated carbocycles. The van der Waals surface area contributed by atoms with Crippen LogP contribution in [0.25, 0.3) is 10.2 Å². The van der Waals surface area contributed by atoms with Gasteiger partial charge in [-0.1, -0.05) is 11.3 Å². The van der Waals surface area contributed by atoms with Crippen LogP contribution in [0.4, 0.5) is 5.13 Å². The van der Waals surface area contributed by atoms with Crippen LogP contribution in [0.3, 0.4) is 0 Å². The van der Waals surface area contributed by atoms with E-state index in [0.29, 0.717) is 39.3 Å². The molecule has 4 rings (SSSR count). The molecule has 1 aromatic heterocycles. The maximum Gasteiger partial charge on any atom is 0.229 e. The van der Waals surface area contributed by atoms with Gasteiger partial charge in [0, 0.05) is 39.3 Å². The molecule has 10 heteroatoms. The van der Waals surface area contributed by atoms with Crippen molar-refractivity contribution in [1.82, 2.24) is 14.2 Å². The van der Waals surface area contributed by atoms with E-state index in [-0.39, 0.29) is 11.8 Å². The number of amides is 1. The molecule has 0 unspecified atom stereocenters. The number of thiazole rings is 1. The molecule has 2 aliphatic rings. The first-order valence-corrected chi connectivity index (χ1v) is 11.4. The summed E-state index contributed by atoms with van der Waals surface area (Å²) in [6.07, 6.45) is 1.21. The summed E-state index contributed by atoms with van der Waals surface area (Å²) in [6.45, 7) is 2.98. The van der Waals surface area contributed by atoms with Crippen LogP contribution >= 0.6 is 11.3 Å². The number of carbonyl (C=O) groups excluding carboxylic acids is 1. The van der Waals surface area contributed by atoms with Gasteiger partial charge in [-0.25, -0.2) is 13.4 Å². The van der Waals surface area contributed by atoms with Gasteiger partial charge in [-0.05, 0) is 18.2 Å². The number of piperazine rings is 1. The summed E-state index contributed by atoms with van der Waals surface area (Å²) in [5.41, 5.74) is 0.933. The van der Waals surface area contributed by atoms with E-state index in [1.165, 1.54) is 10.6 Å². The smallest absolute Gasteiger partial charge is 0.229 e. The molecule has 27 heavy (non-hydrogen) atoms. The number of methoxy groups -OCH3 is 1. The van der Waals surface area contributed by atoms with E-state index < -0.39 is 10.0 Å². The predicted molar refractivity (Wildman–Crippen MR) is 105 cm³/mol. The minimum atomic E-state index is -3.18. The Morgan fingerprint density at radius 1 is 1.22 bits per heavy atom. The molecule has 2 aromatic rings. The van der Waals surface area contributed by atoms with Gasteiger partial charge in [-0.15, -0.1) is 0 Å². The number of benzene rings is 1. The number of anilines is 1. The molecule has 0 N–H and O–H groups in total. The van der Waals surface area contributed by atoms with Gasteiger partial charge in [0.05, 0.1) is 29.5 Å². The molecular formula is C17H22N4O4S2. The van der Waals surface area contributed by atoms with E-state index >= 15 is 0 Å². The molecule has 2 saturated heterocycles. The van der Waals surface area contributed by atoms with Crippen LogP contribution in [-0.4, -0.2) is 81.1 Å². The maximum atomic E-state index is 12.7. The highest BCUT2D eigenvalue weighted by molar-refractivity contribution is 7.88. The number of hydrogen-bond donors (Lipinski definition) is 0. The molecule has 1 aromatic carbocycles. The summed E-state index contributed by atoms with van der Waals surface area (Å²) in [7, 11) is -1.53. The largest absolute Gasteiger partial charge is 0.497 e. The predicted octanol–water partition coefficient (Wildman–Crippen LogP) is 0.845. The number of hydrogen-bond acceptors (Lipinski definition) is 7. The Labute approximate surface area is 162 Å². The number of fused-ring (bicyclic) bond motifs is 1. The fourth-order valence-corrected chi connectivity index (χ4v) is 5.28. The summed E-state index contributed by atoms with van der Waals surface area (Å²) in [5, 5.41) is 0.921. The molecular weight excluding hydrogens is 388 g/mol. The summed E-state index contributed by atoms with van der Waals surface area (Å²) in [5.74, 6) is 0.876. The summed E-state index contributed by atoms with van der Waals surface area (Å²) < 4.78 is 30.9. The van der Waals surface area contributed by atoms with Gasteiger partial charge in [0.15, 0.2) is 5.13 Å². The van der Waals surface area contributed by atoms with Gasteiger partial charge in [0.1, 0.15) is 5.75 Å². The average Bonchev–Trinajstić information content (AvgIpc) is 3.02. The molecule has 8 nitrogen and oxygen atoms in total. The Bertz CT molecular complexity index is 960. The van der Waals surface area contributed by atoms with Crippen molar-refractivity contribution in [3.8, 4) is 5.75 Å². The minimum absolute atomic E-state index is 0.0451. The number of nitrogens with zero attached hydrogens (tertiary/aromatic N) is 4. The molecule has 1 amide bonds. The number of sulfonamides is 1. The van der Waals surface area contributed by atoms with Crippen LogP contribution in [0.5, 0.6) is 5.75 Å². The molecule has 0 spiro atoms. The zero-order valence-electron chi connectivity index (χ0n) is 15.3. The van der Waals surface area contributed by atoms with Crippen molar-refractivity contribution in [2.24, 2.45) is 5.92 Å². The van der Waals surface area contributed by atoms with Gasteiger partial charge in [0.25, 0.3) is 0 Å². The van der Waals surface area contributed by atoms with Gasteiger partial charge >= 0.3 is 0 Å². The molecule has 2 fully saturated rings. The first-order valence-electron chi connectivity index (χ1n) is 8.78. The van der Waals surface area contributed by atoms with Crippen molar-refractivity contribution in [3.63, 3.8) is 0 Å². The summed E-state index contributed by atoms with van der Waals surface area (Å²) >= 11 is 1.60. The lowest BCUT2D eigenvalue weighted by molar-refractivity contribution is -0.137. The highest BCUT2D eigenvalue weighted by Crippen LogP contribution is 2.35. The van der Waals surface area contributed by atoms with Crippen molar-refractivity contribution in [3.05, 3.63) is 18.2 Å². The molecule has 0 atom stereocenters. The van der Waals surface area contributed by atoms with Crippen molar-refractivity contribution in [1.29, 1.82) is 0 Å². The lowest BCUT2D eigenvalue weighted by Crippen LogP contribution is -2.58. The number of aromatic nitrogens is 1. The van der Waals surface area contributed by atoms with E-state index in [9.17, 15) is 13.2 Å². The first kappa shape index (κ1) is 18.5. The van der Waals surface area contributed by atoms with E-state index in [1.807, 2.05) is 18.2 Å². The molecule has 2 aliphatic heterocycles. The zero-order chi connectivity index (χ0) is 19.2. The first-order chi connectivity index (χ1) is 12.8. The van der Waals surface area contributed by atoms with Crippen LogP contribution in [0.1, 0.15) is 0 Å². The monoisotopic (exact) mass is 410 g/mol. The Morgan fingerprint density at radius 3 is 2.56 bits per heavy atom. The Hall–Kier alpha value is -1.91. The van der Waals surface area contributed by atoms with Crippen LogP contribution in [0.15, 0.2) is 18.2 Å². The van der Waals surface area contributed by atoms with E-state index in [4.69, 9.17) is 4.74 Å². The van der Waals surface area contributed by atoms with Crippen molar-refractivity contribution in [2.75, 3.05) is 57.5 Å². The molecule has 146 valence electrons. The van der Waals surface area contributed by atoms with Crippen molar-refractivity contribution in [2.45, 2.75) is 0 Å². The topological polar surface area (TPSA) is 83.1 Å². The summed E-state index contributed by atoms with van der Waals surface area (Å²) in [6, 6.07) is 5.81. The van der Waals surface area contributed by atoms with Crippen LogP contribution in [-0.2, 0) is 14.8 Å². The van der Waals surface area contributed by atoms with Gasteiger partial charge in [-0.2, -0.15) is 4.31 Å². The lowest BCUT2D eigenvalue weighted by Gasteiger charge is -2.42. The third kappa shape index (κ3) is 3.61. The van der Waals surface area contributed by atoms with Gasteiger partial charge in [0.2, 0.25) is 15.9 Å². The molecule has 0 radical (unpaired) electrons. The second-order valence-electron chi connectivity index (χ2n) is 6.92. The van der Waals surface area contributed by atoms with Crippen LogP contribution < -0.4 is 9.64 Å². The highest BCUT2D eigenvalue weighted by Gasteiger charge is 2.38. The Kier molecular flexibility index (Phi) is 4.73. The van der Waals surface area contributed by atoms with E-state index in [0.717, 1.165) is 21.1 Å².